The number of thiazole rings is 1. The minimum Gasteiger partial charge on any atom is -0.490 e. The second kappa shape index (κ2) is 20.3. The molecule has 4 aliphatic rings. The number of piperidine rings is 1. The molecule has 7 aromatic rings. The molecule has 1 aliphatic carbocycles. The standard InChI is InChI=1S/C58H63N9O6S/c1-35-40(41-21-23-50(60-53(41)56(71)72)67-27-25-36-9-7-11-42(45(36)34-67)54(69)62-57-59-46-12-5-6-14-49(46)74-57)10-8-13-48(35)73-39-18-15-37(16-19-39)58(2,3)26-28-65-29-31-66(32-30-65)38-17-20-43-47(33-38)64(4)63-52(43)44-22-24-51(68)61-55(44)70/h5-14,17,20-21,23,33,37,39,44H,15-16,18-19,22,24-32,34H2,1-4H3,(H,71,72)(H,59,62,69)(H,61,68,70). The van der Waals surface area contributed by atoms with Crippen molar-refractivity contribution in [1.29, 1.82) is 0 Å². The van der Waals surface area contributed by atoms with Crippen LogP contribution in [0, 0.1) is 18.3 Å². The van der Waals surface area contributed by atoms with Crippen LogP contribution in [0.2, 0.25) is 0 Å². The molecule has 74 heavy (non-hydrogen) atoms. The van der Waals surface area contributed by atoms with E-state index >= 15 is 0 Å². The van der Waals surface area contributed by atoms with Crippen LogP contribution in [-0.4, -0.2) is 98.8 Å². The number of carboxylic acid groups (broad SMARTS) is 1. The maximum atomic E-state index is 13.7. The smallest absolute Gasteiger partial charge is 0.355 e. The number of pyridine rings is 1. The number of hydrogen-bond acceptors (Lipinski definition) is 12. The highest BCUT2D eigenvalue weighted by Crippen LogP contribution is 2.43. The second-order valence-corrected chi connectivity index (χ2v) is 22.3. The molecule has 1 atom stereocenters. The number of benzene rings is 4. The van der Waals surface area contributed by atoms with Crippen LogP contribution in [0.4, 0.5) is 16.6 Å². The quantitative estimate of drug-likeness (QED) is 0.0935. The van der Waals surface area contributed by atoms with E-state index in [9.17, 15) is 24.3 Å². The van der Waals surface area contributed by atoms with Crippen molar-refractivity contribution in [2.45, 2.75) is 90.7 Å². The molecule has 1 unspecified atom stereocenters. The van der Waals surface area contributed by atoms with E-state index in [-0.39, 0.29) is 34.9 Å². The number of hydrogen-bond donors (Lipinski definition) is 3. The van der Waals surface area contributed by atoms with Gasteiger partial charge in [-0.15, -0.1) is 0 Å². The number of nitrogens with zero attached hydrogens (tertiary/aromatic N) is 7. The summed E-state index contributed by atoms with van der Waals surface area (Å²) >= 11 is 1.44. The van der Waals surface area contributed by atoms with Gasteiger partial charge in [0.1, 0.15) is 11.6 Å². The number of para-hydroxylation sites is 1. The van der Waals surface area contributed by atoms with Gasteiger partial charge in [0, 0.05) is 74.9 Å². The van der Waals surface area contributed by atoms with Crippen LogP contribution in [0.3, 0.4) is 0 Å². The predicted octanol–water partition coefficient (Wildman–Crippen LogP) is 9.76. The molecule has 0 bridgehead atoms. The number of piperazine rings is 1. The zero-order valence-corrected chi connectivity index (χ0v) is 43.3. The molecule has 11 rings (SSSR count). The Kier molecular flexibility index (Phi) is 13.4. The summed E-state index contributed by atoms with van der Waals surface area (Å²) in [4.78, 5) is 67.5. The molecule has 6 heterocycles. The Labute approximate surface area is 434 Å². The van der Waals surface area contributed by atoms with Gasteiger partial charge in [0.05, 0.1) is 33.4 Å². The van der Waals surface area contributed by atoms with Gasteiger partial charge in [-0.3, -0.25) is 34.6 Å². The Hall–Kier alpha value is -7.17. The molecule has 2 saturated heterocycles. The average molecular weight is 1010 g/mol. The van der Waals surface area contributed by atoms with Crippen molar-refractivity contribution in [3.63, 3.8) is 0 Å². The van der Waals surface area contributed by atoms with Crippen molar-refractivity contribution >= 4 is 72.8 Å². The number of imide groups is 1. The van der Waals surface area contributed by atoms with Crippen LogP contribution in [0.5, 0.6) is 5.75 Å². The lowest BCUT2D eigenvalue weighted by Crippen LogP contribution is -2.47. The Bertz CT molecular complexity index is 3280. The Morgan fingerprint density at radius 1 is 0.851 bits per heavy atom. The van der Waals surface area contributed by atoms with E-state index in [1.165, 1.54) is 11.3 Å². The molecular formula is C58H63N9O6S. The number of ether oxygens (including phenoxy) is 1. The largest absolute Gasteiger partial charge is 0.490 e. The third-order valence-corrected chi connectivity index (χ3v) is 17.3. The molecule has 3 amide bonds. The van der Waals surface area contributed by atoms with E-state index in [1.54, 1.807) is 0 Å². The lowest BCUT2D eigenvalue weighted by atomic mass is 9.69. The lowest BCUT2D eigenvalue weighted by Gasteiger charge is -2.42. The zero-order chi connectivity index (χ0) is 51.3. The number of carboxylic acids is 1. The van der Waals surface area contributed by atoms with E-state index in [0.29, 0.717) is 60.3 Å². The van der Waals surface area contributed by atoms with Crippen molar-refractivity contribution in [3.05, 3.63) is 125 Å². The third kappa shape index (κ3) is 9.84. The topological polar surface area (TPSA) is 175 Å². The molecule has 16 heteroatoms. The monoisotopic (exact) mass is 1010 g/mol. The van der Waals surface area contributed by atoms with E-state index < -0.39 is 11.9 Å². The maximum Gasteiger partial charge on any atom is 0.355 e. The molecular weight excluding hydrogens is 951 g/mol. The number of carbonyl (C=O) groups is 4. The van der Waals surface area contributed by atoms with Gasteiger partial charge < -0.3 is 19.6 Å². The Morgan fingerprint density at radius 2 is 1.65 bits per heavy atom. The van der Waals surface area contributed by atoms with Crippen molar-refractivity contribution in [2.24, 2.45) is 18.4 Å². The van der Waals surface area contributed by atoms with Crippen molar-refractivity contribution in [3.8, 4) is 16.9 Å². The predicted molar refractivity (Wildman–Crippen MR) is 289 cm³/mol. The van der Waals surface area contributed by atoms with Crippen LogP contribution in [0.15, 0.2) is 91.0 Å². The van der Waals surface area contributed by atoms with Gasteiger partial charge in [-0.05, 0) is 147 Å². The van der Waals surface area contributed by atoms with Gasteiger partial charge in [0.2, 0.25) is 11.8 Å². The Balaban J connectivity index is 0.683. The third-order valence-electron chi connectivity index (χ3n) is 16.3. The summed E-state index contributed by atoms with van der Waals surface area (Å²) in [6.07, 6.45) is 6.82. The summed E-state index contributed by atoms with van der Waals surface area (Å²) in [6.45, 7) is 12.8. The first kappa shape index (κ1) is 49.1. The number of carbonyl (C=O) groups excluding carboxylic acids is 3. The van der Waals surface area contributed by atoms with Gasteiger partial charge >= 0.3 is 5.97 Å². The SMILES string of the molecule is Cc1c(OC2CCC(C(C)(C)CCN3CCN(c4ccc5c(C6CCC(=O)NC6=O)nn(C)c5c4)CC3)CC2)cccc1-c1ccc(N2CCc3cccc(C(=O)Nc4nc5ccccc5s4)c3C2)nc1C(=O)O. The van der Waals surface area contributed by atoms with Crippen molar-refractivity contribution in [1.82, 2.24) is 30.0 Å². The molecule has 0 spiro atoms. The minimum atomic E-state index is -1.10. The van der Waals surface area contributed by atoms with Crippen LogP contribution in [0.1, 0.15) is 108 Å². The van der Waals surface area contributed by atoms with E-state index in [4.69, 9.17) is 14.8 Å². The molecule has 0 radical (unpaired) electrons. The van der Waals surface area contributed by atoms with Gasteiger partial charge in [0.15, 0.2) is 10.8 Å². The summed E-state index contributed by atoms with van der Waals surface area (Å²) in [7, 11) is 1.92. The fourth-order valence-electron chi connectivity index (χ4n) is 11.8. The highest BCUT2D eigenvalue weighted by atomic mass is 32.1. The number of aromatic nitrogens is 4. The minimum absolute atomic E-state index is 0.0221. The number of aryl methyl sites for hydroxylation is 1. The number of rotatable bonds is 13. The first-order chi connectivity index (χ1) is 35.8. The van der Waals surface area contributed by atoms with E-state index in [1.807, 2.05) is 91.4 Å². The van der Waals surface area contributed by atoms with Crippen LogP contribution in [0.25, 0.3) is 32.2 Å². The number of nitrogens with one attached hydrogen (secondary N) is 2. The van der Waals surface area contributed by atoms with Gasteiger partial charge in [-0.2, -0.15) is 5.10 Å². The maximum absolute atomic E-state index is 13.7. The van der Waals surface area contributed by atoms with E-state index in [2.05, 4.69) is 62.4 Å². The number of aromatic carboxylic acids is 1. The van der Waals surface area contributed by atoms with Crippen LogP contribution in [-0.2, 0) is 29.6 Å². The van der Waals surface area contributed by atoms with Crippen LogP contribution >= 0.6 is 11.3 Å². The molecule has 3 aliphatic heterocycles. The number of amides is 3. The van der Waals surface area contributed by atoms with Gasteiger partial charge in [-0.1, -0.05) is 61.6 Å². The molecule has 4 aromatic carbocycles. The summed E-state index contributed by atoms with van der Waals surface area (Å²) < 4.78 is 9.61. The summed E-state index contributed by atoms with van der Waals surface area (Å²) in [5.74, 6) is -0.316. The summed E-state index contributed by atoms with van der Waals surface area (Å²) in [5.41, 5.74) is 8.65. The van der Waals surface area contributed by atoms with Crippen molar-refractivity contribution < 1.29 is 29.0 Å². The Morgan fingerprint density at radius 3 is 2.43 bits per heavy atom. The molecule has 3 fully saturated rings. The first-order valence-electron chi connectivity index (χ1n) is 26.1. The molecule has 3 N–H and O–H groups in total. The first-order valence-corrected chi connectivity index (χ1v) is 26.9. The van der Waals surface area contributed by atoms with E-state index in [0.717, 1.165) is 125 Å². The zero-order valence-electron chi connectivity index (χ0n) is 42.5. The number of fused-ring (bicyclic) bond motifs is 3. The highest BCUT2D eigenvalue weighted by Gasteiger charge is 2.36. The average Bonchev–Trinajstić information content (AvgIpc) is 3.97. The van der Waals surface area contributed by atoms with Gasteiger partial charge in [0.25, 0.3) is 5.91 Å². The second-order valence-electron chi connectivity index (χ2n) is 21.2. The molecule has 3 aromatic heterocycles. The molecule has 1 saturated carbocycles. The summed E-state index contributed by atoms with van der Waals surface area (Å²) in [6, 6.07) is 29.6. The van der Waals surface area contributed by atoms with Crippen LogP contribution < -0.4 is 25.2 Å². The van der Waals surface area contributed by atoms with Crippen molar-refractivity contribution in [2.75, 3.05) is 54.4 Å². The summed E-state index contributed by atoms with van der Waals surface area (Å²) in [5, 5.41) is 22.3. The highest BCUT2D eigenvalue weighted by molar-refractivity contribution is 7.22. The lowest BCUT2D eigenvalue weighted by molar-refractivity contribution is -0.134. The molecule has 382 valence electrons. The number of anilines is 3. The fourth-order valence-corrected chi connectivity index (χ4v) is 12.7. The normalized spacial score (nSPS) is 19.6. The van der Waals surface area contributed by atoms with Gasteiger partial charge in [-0.25, -0.2) is 14.8 Å². The fraction of sp³-hybridized carbons (Fsp3) is 0.397. The molecule has 15 nitrogen and oxygen atoms in total.